The topological polar surface area (TPSA) is 196 Å². The number of rotatable bonds is 9. The Morgan fingerprint density at radius 2 is 1.15 bits per heavy atom. The fourth-order valence-corrected chi connectivity index (χ4v) is 4.04. The molecule has 4 rings (SSSR count). The Morgan fingerprint density at radius 3 is 1.64 bits per heavy atom. The summed E-state index contributed by atoms with van der Waals surface area (Å²) < 4.78 is 5.29. The third-order valence-corrected chi connectivity index (χ3v) is 5.94. The standard InChI is InChI=1S/C29H30N2O3.3C2H4O2.Mn/c1-3-4-5-6-10-20-11-7-12-22(29(20)33)24-13-8-15-26(30-24)27-16-9-14-25(31-27)23-19-21(34-2)17-18-28(23)32;3*1-2(3)4;/h7-9,11-19,32-33H,3-6,10H2,1-2H3;3*1H3,(H,3,4);/q;;;;+3/p-3. The van der Waals surface area contributed by atoms with Crippen molar-refractivity contribution in [1.82, 2.24) is 9.97 Å². The van der Waals surface area contributed by atoms with Crippen LogP contribution in [0.2, 0.25) is 0 Å². The SMILES string of the molecule is CC(=O)[O-].CC(=O)[O-].CC(=O)[O-].CCCCCCc1cccc(-c2cccc(-c3cccc(-c4cc(OC)ccc4O)n3)n2)c1O.[Mn+3]. The number of aliphatic carboxylic acids is 3. The van der Waals surface area contributed by atoms with Gasteiger partial charge in [0, 0.05) is 29.0 Å². The molecule has 12 heteroatoms. The van der Waals surface area contributed by atoms with Crippen molar-refractivity contribution in [2.24, 2.45) is 0 Å². The Bertz CT molecular complexity index is 1540. The zero-order valence-electron chi connectivity index (χ0n) is 27.0. The third-order valence-electron chi connectivity index (χ3n) is 5.94. The normalized spacial score (nSPS) is 9.47. The third kappa shape index (κ3) is 16.3. The summed E-state index contributed by atoms with van der Waals surface area (Å²) in [5.74, 6) is -2.18. The predicted molar refractivity (Wildman–Crippen MR) is 168 cm³/mol. The van der Waals surface area contributed by atoms with Crippen LogP contribution in [0.15, 0.2) is 72.8 Å². The van der Waals surface area contributed by atoms with Gasteiger partial charge in [0.15, 0.2) is 0 Å². The Labute approximate surface area is 285 Å². The molecule has 2 N–H and O–H groups in total. The van der Waals surface area contributed by atoms with E-state index >= 15 is 0 Å². The van der Waals surface area contributed by atoms with Gasteiger partial charge in [-0.25, -0.2) is 9.97 Å². The van der Waals surface area contributed by atoms with Crippen LogP contribution in [0, 0.1) is 0 Å². The molecule has 2 aromatic heterocycles. The predicted octanol–water partition coefficient (Wildman–Crippen LogP) is 3.29. The number of methoxy groups -OCH3 is 1. The van der Waals surface area contributed by atoms with Gasteiger partial charge in [-0.15, -0.1) is 0 Å². The molecule has 250 valence electrons. The largest absolute Gasteiger partial charge is 3.00 e. The number of hydrogen-bond donors (Lipinski definition) is 2. The molecule has 0 saturated carbocycles. The smallest absolute Gasteiger partial charge is 0.550 e. The van der Waals surface area contributed by atoms with Crippen LogP contribution in [-0.4, -0.2) is 45.2 Å². The van der Waals surface area contributed by atoms with E-state index in [1.54, 1.807) is 25.3 Å². The molecule has 0 aliphatic carbocycles. The van der Waals surface area contributed by atoms with E-state index in [0.717, 1.165) is 44.7 Å². The quantitative estimate of drug-likeness (QED) is 0.194. The van der Waals surface area contributed by atoms with Gasteiger partial charge >= 0.3 is 17.1 Å². The van der Waals surface area contributed by atoms with Crippen molar-refractivity contribution in [3.8, 4) is 51.2 Å². The van der Waals surface area contributed by atoms with Crippen molar-refractivity contribution in [2.75, 3.05) is 7.11 Å². The first-order valence-corrected chi connectivity index (χ1v) is 14.5. The molecule has 0 saturated heterocycles. The van der Waals surface area contributed by atoms with Gasteiger partial charge < -0.3 is 44.7 Å². The fourth-order valence-electron chi connectivity index (χ4n) is 4.04. The molecule has 11 nitrogen and oxygen atoms in total. The van der Waals surface area contributed by atoms with Crippen molar-refractivity contribution < 1.29 is 61.7 Å². The number of phenols is 2. The number of unbranched alkanes of at least 4 members (excludes halogenated alkanes) is 3. The van der Waals surface area contributed by atoms with Gasteiger partial charge in [-0.05, 0) is 87.7 Å². The summed E-state index contributed by atoms with van der Waals surface area (Å²) in [5, 5.41) is 48.0. The van der Waals surface area contributed by atoms with E-state index in [2.05, 4.69) is 6.92 Å². The van der Waals surface area contributed by atoms with E-state index in [-0.39, 0.29) is 22.8 Å². The molecular weight excluding hydrogens is 647 g/mol. The minimum atomic E-state index is -1.08. The second-order valence-corrected chi connectivity index (χ2v) is 9.80. The molecular formula is C35H39MnN2O9. The summed E-state index contributed by atoms with van der Waals surface area (Å²) in [6.45, 7) is 5.11. The zero-order chi connectivity index (χ0) is 34.6. The van der Waals surface area contributed by atoms with Crippen molar-refractivity contribution in [2.45, 2.75) is 59.8 Å². The van der Waals surface area contributed by atoms with Gasteiger partial charge in [-0.2, -0.15) is 0 Å². The first-order chi connectivity index (χ1) is 21.8. The van der Waals surface area contributed by atoms with Crippen molar-refractivity contribution in [1.29, 1.82) is 0 Å². The van der Waals surface area contributed by atoms with Crippen LogP contribution in [0.1, 0.15) is 58.9 Å². The molecule has 0 aliphatic rings. The van der Waals surface area contributed by atoms with E-state index in [1.807, 2.05) is 54.6 Å². The molecule has 0 fully saturated rings. The summed E-state index contributed by atoms with van der Waals surface area (Å²) >= 11 is 0. The number of aromatic hydroxyl groups is 2. The van der Waals surface area contributed by atoms with Crippen LogP contribution in [0.25, 0.3) is 33.9 Å². The van der Waals surface area contributed by atoms with Gasteiger partial charge in [0.2, 0.25) is 0 Å². The number of pyridine rings is 2. The maximum Gasteiger partial charge on any atom is 3.00 e. The minimum Gasteiger partial charge on any atom is -0.550 e. The number of carboxylic acids is 3. The van der Waals surface area contributed by atoms with Crippen LogP contribution in [0.4, 0.5) is 0 Å². The molecule has 0 spiro atoms. The van der Waals surface area contributed by atoms with E-state index < -0.39 is 17.9 Å². The van der Waals surface area contributed by atoms with E-state index in [0.29, 0.717) is 39.8 Å². The first kappa shape index (κ1) is 42.1. The van der Waals surface area contributed by atoms with Gasteiger partial charge in [0.25, 0.3) is 0 Å². The van der Waals surface area contributed by atoms with Crippen molar-refractivity contribution in [3.05, 3.63) is 78.4 Å². The number of nitrogens with zero attached hydrogens (tertiary/aromatic N) is 2. The number of carbonyl (C=O) groups excluding carboxylic acids is 3. The number of carbonyl (C=O) groups is 3. The molecule has 0 atom stereocenters. The average Bonchev–Trinajstić information content (AvgIpc) is 3.00. The maximum absolute atomic E-state index is 10.9. The molecule has 47 heavy (non-hydrogen) atoms. The van der Waals surface area contributed by atoms with Crippen molar-refractivity contribution in [3.63, 3.8) is 0 Å². The molecule has 0 amide bonds. The number of para-hydroxylation sites is 1. The molecule has 0 radical (unpaired) electrons. The molecule has 0 aliphatic heterocycles. The van der Waals surface area contributed by atoms with Crippen LogP contribution in [-0.2, 0) is 37.9 Å². The fraction of sp³-hybridized carbons (Fsp3) is 0.286. The van der Waals surface area contributed by atoms with E-state index in [9.17, 15) is 10.2 Å². The van der Waals surface area contributed by atoms with Gasteiger partial charge in [-0.3, -0.25) is 0 Å². The molecule has 2 heterocycles. The summed E-state index contributed by atoms with van der Waals surface area (Å²) in [5.41, 5.74) is 4.95. The Morgan fingerprint density at radius 1 is 0.681 bits per heavy atom. The number of aryl methyl sites for hydroxylation is 1. The number of carboxylic acid groups (broad SMARTS) is 3. The second kappa shape index (κ2) is 22.6. The number of aromatic nitrogens is 2. The van der Waals surface area contributed by atoms with Crippen LogP contribution < -0.4 is 20.1 Å². The van der Waals surface area contributed by atoms with Crippen LogP contribution in [0.3, 0.4) is 0 Å². The second-order valence-electron chi connectivity index (χ2n) is 9.80. The van der Waals surface area contributed by atoms with Crippen molar-refractivity contribution >= 4 is 17.9 Å². The molecule has 2 aromatic carbocycles. The maximum atomic E-state index is 10.9. The molecule has 0 bridgehead atoms. The number of benzene rings is 2. The molecule has 0 unspecified atom stereocenters. The van der Waals surface area contributed by atoms with Gasteiger partial charge in [0.1, 0.15) is 17.2 Å². The summed E-state index contributed by atoms with van der Waals surface area (Å²) in [6, 6.07) is 22.3. The number of phenolic OH excluding ortho intramolecular Hbond substituents is 2. The van der Waals surface area contributed by atoms with E-state index in [4.69, 9.17) is 44.4 Å². The van der Waals surface area contributed by atoms with Crippen LogP contribution >= 0.6 is 0 Å². The van der Waals surface area contributed by atoms with Crippen LogP contribution in [0.5, 0.6) is 17.2 Å². The zero-order valence-corrected chi connectivity index (χ0v) is 28.2. The minimum absolute atomic E-state index is 0. The number of ether oxygens (including phenoxy) is 1. The average molecular weight is 687 g/mol. The van der Waals surface area contributed by atoms with Gasteiger partial charge in [0.05, 0.1) is 29.9 Å². The van der Waals surface area contributed by atoms with E-state index in [1.165, 1.54) is 19.3 Å². The number of hydrogen-bond acceptors (Lipinski definition) is 11. The first-order valence-electron chi connectivity index (χ1n) is 14.5. The molecule has 4 aromatic rings. The Hall–Kier alpha value is -4.93. The Balaban J connectivity index is 0.00000141. The summed E-state index contributed by atoms with van der Waals surface area (Å²) in [6.07, 6.45) is 5.48. The van der Waals surface area contributed by atoms with Gasteiger partial charge in [-0.1, -0.05) is 50.5 Å². The summed E-state index contributed by atoms with van der Waals surface area (Å²) in [7, 11) is 1.59. The summed E-state index contributed by atoms with van der Waals surface area (Å²) in [4.78, 5) is 36.2. The Kier molecular flexibility index (Phi) is 20.2. The monoisotopic (exact) mass is 686 g/mol.